The third kappa shape index (κ3) is 3.86. The predicted molar refractivity (Wildman–Crippen MR) is 84.3 cm³/mol. The molecule has 2 N–H and O–H groups in total. The minimum atomic E-state index is -0.00170. The van der Waals surface area contributed by atoms with Gasteiger partial charge in [-0.3, -0.25) is 4.90 Å². The number of aryl methyl sites for hydroxylation is 1. The maximum Gasteiger partial charge on any atom is 0.119 e. The normalized spacial score (nSPS) is 14.2. The van der Waals surface area contributed by atoms with Crippen molar-refractivity contribution in [2.24, 2.45) is 5.73 Å². The summed E-state index contributed by atoms with van der Waals surface area (Å²) in [6.07, 6.45) is 0. The number of nitrogens with two attached hydrogens (primary N) is 1. The van der Waals surface area contributed by atoms with Gasteiger partial charge in [0.2, 0.25) is 0 Å². The van der Waals surface area contributed by atoms with Crippen molar-refractivity contribution in [2.45, 2.75) is 32.5 Å². The van der Waals surface area contributed by atoms with Gasteiger partial charge >= 0.3 is 0 Å². The highest BCUT2D eigenvalue weighted by atomic mass is 16.5. The van der Waals surface area contributed by atoms with E-state index in [9.17, 15) is 0 Å². The van der Waals surface area contributed by atoms with Crippen LogP contribution in [-0.4, -0.2) is 25.1 Å². The Morgan fingerprint density at radius 1 is 1.29 bits per heavy atom. The zero-order valence-corrected chi connectivity index (χ0v) is 13.2. The molecular formula is C17H24N2O2. The van der Waals surface area contributed by atoms with Gasteiger partial charge in [-0.25, -0.2) is 0 Å². The molecule has 0 aliphatic carbocycles. The van der Waals surface area contributed by atoms with Crippen LogP contribution in [0.5, 0.6) is 5.75 Å². The topological polar surface area (TPSA) is 51.6 Å². The smallest absolute Gasteiger partial charge is 0.119 e. The third-order valence-corrected chi connectivity index (χ3v) is 3.61. The van der Waals surface area contributed by atoms with Crippen LogP contribution in [0.4, 0.5) is 0 Å². The van der Waals surface area contributed by atoms with Crippen LogP contribution in [0.15, 0.2) is 40.8 Å². The number of hydrogen-bond acceptors (Lipinski definition) is 4. The van der Waals surface area contributed by atoms with Crippen LogP contribution in [0.25, 0.3) is 0 Å². The molecule has 0 saturated carbocycles. The van der Waals surface area contributed by atoms with E-state index in [0.717, 1.165) is 29.4 Å². The average Bonchev–Trinajstić information content (AvgIpc) is 2.84. The summed E-state index contributed by atoms with van der Waals surface area (Å²) in [5.41, 5.74) is 7.36. The monoisotopic (exact) mass is 288 g/mol. The second-order valence-corrected chi connectivity index (χ2v) is 5.51. The van der Waals surface area contributed by atoms with E-state index in [1.807, 2.05) is 44.2 Å². The van der Waals surface area contributed by atoms with Crippen LogP contribution in [0, 0.1) is 6.92 Å². The van der Waals surface area contributed by atoms with E-state index in [1.54, 1.807) is 7.11 Å². The van der Waals surface area contributed by atoms with Crippen LogP contribution in [0.2, 0.25) is 0 Å². The summed E-state index contributed by atoms with van der Waals surface area (Å²) in [6.45, 7) is 4.69. The standard InChI is InChI=1S/C17H24N2O2/c1-12-8-9-16(21-12)11-19(3)17(13(2)18)14-6-5-7-15(10-14)20-4/h5-10,13,17H,11,18H2,1-4H3. The van der Waals surface area contributed by atoms with Gasteiger partial charge in [-0.15, -0.1) is 0 Å². The number of nitrogens with zero attached hydrogens (tertiary/aromatic N) is 1. The van der Waals surface area contributed by atoms with Gasteiger partial charge in [-0.05, 0) is 50.7 Å². The minimum Gasteiger partial charge on any atom is -0.497 e. The van der Waals surface area contributed by atoms with E-state index >= 15 is 0 Å². The Bertz CT molecular complexity index is 578. The van der Waals surface area contributed by atoms with Crippen molar-refractivity contribution in [3.8, 4) is 5.75 Å². The Morgan fingerprint density at radius 2 is 2.05 bits per heavy atom. The highest BCUT2D eigenvalue weighted by Crippen LogP contribution is 2.27. The fourth-order valence-corrected chi connectivity index (χ4v) is 2.70. The molecule has 0 bridgehead atoms. The summed E-state index contributed by atoms with van der Waals surface area (Å²) < 4.78 is 11.0. The van der Waals surface area contributed by atoms with Gasteiger partial charge in [-0.1, -0.05) is 12.1 Å². The lowest BCUT2D eigenvalue weighted by atomic mass is 9.99. The first-order valence-corrected chi connectivity index (χ1v) is 7.16. The molecule has 0 fully saturated rings. The Labute approximate surface area is 126 Å². The van der Waals surface area contributed by atoms with Gasteiger partial charge in [-0.2, -0.15) is 0 Å². The molecule has 0 radical (unpaired) electrons. The molecule has 1 aromatic heterocycles. The molecule has 2 rings (SSSR count). The number of methoxy groups -OCH3 is 1. The molecule has 0 saturated heterocycles. The van der Waals surface area contributed by atoms with Crippen molar-refractivity contribution in [1.82, 2.24) is 4.90 Å². The predicted octanol–water partition coefficient (Wildman–Crippen LogP) is 3.12. The lowest BCUT2D eigenvalue weighted by molar-refractivity contribution is 0.195. The summed E-state index contributed by atoms with van der Waals surface area (Å²) in [5.74, 6) is 2.72. The van der Waals surface area contributed by atoms with E-state index in [1.165, 1.54) is 0 Å². The summed E-state index contributed by atoms with van der Waals surface area (Å²) in [5, 5.41) is 0. The van der Waals surface area contributed by atoms with E-state index in [-0.39, 0.29) is 12.1 Å². The molecule has 21 heavy (non-hydrogen) atoms. The zero-order valence-electron chi connectivity index (χ0n) is 13.2. The van der Waals surface area contributed by atoms with Gasteiger partial charge in [0.05, 0.1) is 13.7 Å². The first kappa shape index (κ1) is 15.6. The molecule has 114 valence electrons. The van der Waals surface area contributed by atoms with Crippen molar-refractivity contribution in [3.63, 3.8) is 0 Å². The molecule has 0 aliphatic rings. The molecular weight excluding hydrogens is 264 g/mol. The summed E-state index contributed by atoms with van der Waals surface area (Å²) in [4.78, 5) is 2.21. The Morgan fingerprint density at radius 3 is 2.62 bits per heavy atom. The largest absolute Gasteiger partial charge is 0.497 e. The number of benzene rings is 1. The molecule has 4 nitrogen and oxygen atoms in total. The fraction of sp³-hybridized carbons (Fsp3) is 0.412. The highest BCUT2D eigenvalue weighted by Gasteiger charge is 2.22. The van der Waals surface area contributed by atoms with Crippen molar-refractivity contribution in [2.75, 3.05) is 14.2 Å². The SMILES string of the molecule is COc1cccc(C(C(C)N)N(C)Cc2ccc(C)o2)c1. The van der Waals surface area contributed by atoms with Gasteiger partial charge in [0.15, 0.2) is 0 Å². The number of ether oxygens (including phenoxy) is 1. The van der Waals surface area contributed by atoms with Crippen LogP contribution < -0.4 is 10.5 Å². The number of hydrogen-bond donors (Lipinski definition) is 1. The van der Waals surface area contributed by atoms with Crippen LogP contribution >= 0.6 is 0 Å². The number of likely N-dealkylation sites (N-methyl/N-ethyl adjacent to an activating group) is 1. The van der Waals surface area contributed by atoms with Crippen LogP contribution in [0.1, 0.15) is 30.0 Å². The first-order chi connectivity index (χ1) is 10.0. The Balaban J connectivity index is 2.21. The van der Waals surface area contributed by atoms with E-state index < -0.39 is 0 Å². The second kappa shape index (κ2) is 6.78. The molecule has 4 heteroatoms. The molecule has 2 atom stereocenters. The highest BCUT2D eigenvalue weighted by molar-refractivity contribution is 5.31. The minimum absolute atomic E-state index is 0.00170. The van der Waals surface area contributed by atoms with E-state index in [2.05, 4.69) is 18.0 Å². The van der Waals surface area contributed by atoms with E-state index in [4.69, 9.17) is 14.9 Å². The second-order valence-electron chi connectivity index (χ2n) is 5.51. The number of furan rings is 1. The zero-order chi connectivity index (χ0) is 15.4. The Hall–Kier alpha value is -1.78. The van der Waals surface area contributed by atoms with Gasteiger partial charge in [0.25, 0.3) is 0 Å². The molecule has 0 aliphatic heterocycles. The molecule has 1 heterocycles. The molecule has 2 unspecified atom stereocenters. The van der Waals surface area contributed by atoms with Crippen molar-refractivity contribution >= 4 is 0 Å². The summed E-state index contributed by atoms with van der Waals surface area (Å²) in [7, 11) is 3.74. The molecule has 0 spiro atoms. The maximum absolute atomic E-state index is 6.21. The molecule has 1 aromatic carbocycles. The van der Waals surface area contributed by atoms with Crippen molar-refractivity contribution in [3.05, 3.63) is 53.5 Å². The third-order valence-electron chi connectivity index (χ3n) is 3.61. The van der Waals surface area contributed by atoms with Crippen molar-refractivity contribution < 1.29 is 9.15 Å². The number of rotatable bonds is 6. The summed E-state index contributed by atoms with van der Waals surface area (Å²) in [6, 6.07) is 12.2. The van der Waals surface area contributed by atoms with E-state index in [0.29, 0.717) is 0 Å². The molecule has 0 amide bonds. The Kier molecular flexibility index (Phi) is 5.04. The van der Waals surface area contributed by atoms with Crippen LogP contribution in [-0.2, 0) is 6.54 Å². The summed E-state index contributed by atoms with van der Waals surface area (Å²) >= 11 is 0. The quantitative estimate of drug-likeness (QED) is 0.887. The fourth-order valence-electron chi connectivity index (χ4n) is 2.70. The van der Waals surface area contributed by atoms with Crippen LogP contribution in [0.3, 0.4) is 0 Å². The molecule has 2 aromatic rings. The lowest BCUT2D eigenvalue weighted by Gasteiger charge is -2.31. The lowest BCUT2D eigenvalue weighted by Crippen LogP contribution is -2.36. The van der Waals surface area contributed by atoms with Gasteiger partial charge in [0, 0.05) is 12.1 Å². The average molecular weight is 288 g/mol. The van der Waals surface area contributed by atoms with Gasteiger partial charge in [0.1, 0.15) is 17.3 Å². The first-order valence-electron chi connectivity index (χ1n) is 7.16. The maximum atomic E-state index is 6.21. The van der Waals surface area contributed by atoms with Crippen molar-refractivity contribution in [1.29, 1.82) is 0 Å². The van der Waals surface area contributed by atoms with Gasteiger partial charge < -0.3 is 14.9 Å².